The van der Waals surface area contributed by atoms with E-state index in [1.807, 2.05) is 21.1 Å². The second-order valence-electron chi connectivity index (χ2n) is 6.43. The molecular formula is C14H28NO6P. The Balaban J connectivity index is 4.06. The lowest BCUT2D eigenvalue weighted by molar-refractivity contribution is -0.873. The molecule has 0 bridgehead atoms. The number of unbranched alkanes of at least 4 members (excludes halogenated alkanes) is 2. The highest BCUT2D eigenvalue weighted by atomic mass is 31.2. The maximum Gasteiger partial charge on any atom is 0.333 e. The third-order valence-electron chi connectivity index (χ3n) is 2.79. The maximum absolute atomic E-state index is 11.2. The van der Waals surface area contributed by atoms with E-state index < -0.39 is 19.9 Å². The van der Waals surface area contributed by atoms with Gasteiger partial charge in [-0.1, -0.05) is 13.0 Å². The predicted molar refractivity (Wildman–Crippen MR) is 81.8 cm³/mol. The summed E-state index contributed by atoms with van der Waals surface area (Å²) >= 11 is 0. The molecule has 8 heteroatoms. The number of carbonyl (C=O) groups is 1. The molecule has 0 saturated heterocycles. The van der Waals surface area contributed by atoms with Crippen molar-refractivity contribution in [2.75, 3.05) is 34.3 Å². The van der Waals surface area contributed by atoms with Gasteiger partial charge < -0.3 is 23.5 Å². The minimum atomic E-state index is -4.73. The van der Waals surface area contributed by atoms with Gasteiger partial charge in [-0.3, -0.25) is 4.57 Å². The molecule has 0 fully saturated rings. The zero-order valence-electron chi connectivity index (χ0n) is 13.9. The van der Waals surface area contributed by atoms with Gasteiger partial charge >= 0.3 is 5.97 Å². The van der Waals surface area contributed by atoms with Crippen LogP contribution >= 0.6 is 7.82 Å². The second kappa shape index (κ2) is 9.43. The monoisotopic (exact) mass is 337 g/mol. The highest BCUT2D eigenvalue weighted by Crippen LogP contribution is 2.34. The molecule has 0 radical (unpaired) electrons. The maximum atomic E-state index is 11.2. The molecule has 0 saturated carbocycles. The molecule has 0 aliphatic carbocycles. The average molecular weight is 337 g/mol. The van der Waals surface area contributed by atoms with Crippen molar-refractivity contribution >= 4 is 13.8 Å². The fourth-order valence-corrected chi connectivity index (χ4v) is 2.46. The number of phosphoric acid groups is 1. The van der Waals surface area contributed by atoms with Gasteiger partial charge in [0, 0.05) is 5.57 Å². The van der Waals surface area contributed by atoms with Crippen LogP contribution in [0, 0.1) is 0 Å². The van der Waals surface area contributed by atoms with Crippen molar-refractivity contribution in [3.05, 3.63) is 12.2 Å². The van der Waals surface area contributed by atoms with Crippen LogP contribution in [0.4, 0.5) is 0 Å². The molecule has 0 spiro atoms. The Hall–Kier alpha value is -0.720. The summed E-state index contributed by atoms with van der Waals surface area (Å²) in [5, 5.41) is 0. The average Bonchev–Trinajstić information content (AvgIpc) is 2.28. The van der Waals surface area contributed by atoms with Crippen LogP contribution in [-0.2, 0) is 18.6 Å². The minimum absolute atomic E-state index is 0.312. The van der Waals surface area contributed by atoms with Crippen LogP contribution in [0.15, 0.2) is 12.2 Å². The molecule has 1 N–H and O–H groups in total. The molecule has 0 aliphatic heterocycles. The molecule has 7 nitrogen and oxygen atoms in total. The van der Waals surface area contributed by atoms with Gasteiger partial charge in [-0.25, -0.2) is 4.79 Å². The van der Waals surface area contributed by atoms with Gasteiger partial charge in [-0.05, 0) is 26.2 Å². The van der Waals surface area contributed by atoms with Crippen molar-refractivity contribution in [3.63, 3.8) is 0 Å². The molecule has 0 heterocycles. The number of phosphoric ester groups is 1. The predicted octanol–water partition coefficient (Wildman–Crippen LogP) is 1.22. The Bertz CT molecular complexity index is 412. The van der Waals surface area contributed by atoms with Crippen LogP contribution in [0.3, 0.4) is 0 Å². The first-order valence-electron chi connectivity index (χ1n) is 7.26. The van der Waals surface area contributed by atoms with E-state index in [4.69, 9.17) is 14.2 Å². The first-order chi connectivity index (χ1) is 9.91. The van der Waals surface area contributed by atoms with Gasteiger partial charge in [0.25, 0.3) is 7.82 Å². The van der Waals surface area contributed by atoms with Crippen molar-refractivity contribution in [1.82, 2.24) is 0 Å². The van der Waals surface area contributed by atoms with Gasteiger partial charge in [-0.2, -0.15) is 0 Å². The van der Waals surface area contributed by atoms with E-state index in [2.05, 4.69) is 6.58 Å². The number of ether oxygens (including phenoxy) is 1. The highest BCUT2D eigenvalue weighted by Gasteiger charge is 2.22. The number of hydrogen-bond donors (Lipinski definition) is 1. The third kappa shape index (κ3) is 13.0. The van der Waals surface area contributed by atoms with Crippen LogP contribution in [0.5, 0.6) is 0 Å². The zero-order chi connectivity index (χ0) is 17.4. The Labute approximate surface area is 132 Å². The number of carbonyl (C=O) groups excluding carboxylic acids is 1. The molecule has 2 unspecified atom stereocenters. The number of esters is 1. The third-order valence-corrected chi connectivity index (χ3v) is 3.35. The Kier molecular flexibility index (Phi) is 9.12. The number of nitrogens with zero attached hydrogens (tertiary/aromatic N) is 1. The SMILES string of the molecule is C=C(C)C(=O)OCCCCCC(C[N+](C)(C)C)OP(=O)([O-])O. The number of quaternary nitrogens is 1. The number of likely N-dealkylation sites (N-methyl/N-ethyl adjacent to an activating group) is 1. The van der Waals surface area contributed by atoms with Gasteiger partial charge in [0.15, 0.2) is 0 Å². The van der Waals surface area contributed by atoms with Crippen molar-refractivity contribution in [3.8, 4) is 0 Å². The summed E-state index contributed by atoms with van der Waals surface area (Å²) < 4.78 is 21.1. The standard InChI is InChI=1S/C14H28NO6P/c1-12(2)14(16)20-10-8-6-7-9-13(11-15(3,4)5)21-22(17,18)19/h13H,1,6-11H2,2-5H3,(H-,17,18,19). The van der Waals surface area contributed by atoms with Gasteiger partial charge in [0.2, 0.25) is 0 Å². The molecule has 130 valence electrons. The molecule has 22 heavy (non-hydrogen) atoms. The second-order valence-corrected chi connectivity index (χ2v) is 7.58. The molecule has 0 amide bonds. The topological polar surface area (TPSA) is 95.9 Å². The van der Waals surface area contributed by atoms with Crippen molar-refractivity contribution in [1.29, 1.82) is 0 Å². The molecule has 2 atom stereocenters. The van der Waals surface area contributed by atoms with E-state index in [1.165, 1.54) is 0 Å². The first-order valence-corrected chi connectivity index (χ1v) is 8.75. The molecule has 0 aromatic heterocycles. The van der Waals surface area contributed by atoms with E-state index >= 15 is 0 Å². The molecule has 0 rings (SSSR count). The normalized spacial score (nSPS) is 15.9. The Morgan fingerprint density at radius 2 is 1.91 bits per heavy atom. The van der Waals surface area contributed by atoms with E-state index in [1.54, 1.807) is 6.92 Å². The minimum Gasteiger partial charge on any atom is -0.756 e. The lowest BCUT2D eigenvalue weighted by atomic mass is 10.1. The van der Waals surface area contributed by atoms with Gasteiger partial charge in [0.05, 0.1) is 27.7 Å². The van der Waals surface area contributed by atoms with E-state index in [9.17, 15) is 14.3 Å². The van der Waals surface area contributed by atoms with E-state index in [0.29, 0.717) is 36.0 Å². The number of hydrogen-bond acceptors (Lipinski definition) is 5. The zero-order valence-corrected chi connectivity index (χ0v) is 14.8. The molecule has 0 aromatic rings. The first kappa shape index (κ1) is 21.3. The number of rotatable bonds is 11. The quantitative estimate of drug-likeness (QED) is 0.200. The van der Waals surface area contributed by atoms with Crippen molar-refractivity contribution in [2.24, 2.45) is 0 Å². The summed E-state index contributed by atoms with van der Waals surface area (Å²) in [6.45, 7) is 5.86. The van der Waals surface area contributed by atoms with Crippen molar-refractivity contribution in [2.45, 2.75) is 38.7 Å². The van der Waals surface area contributed by atoms with E-state index in [-0.39, 0.29) is 0 Å². The summed E-state index contributed by atoms with van der Waals surface area (Å²) in [5.74, 6) is -0.404. The van der Waals surface area contributed by atoms with Crippen LogP contribution in [0.25, 0.3) is 0 Å². The van der Waals surface area contributed by atoms with Crippen LogP contribution < -0.4 is 4.89 Å². The van der Waals surface area contributed by atoms with Gasteiger partial charge in [0.1, 0.15) is 12.6 Å². The van der Waals surface area contributed by atoms with Gasteiger partial charge in [-0.15, -0.1) is 0 Å². The molecule has 0 aromatic carbocycles. The smallest absolute Gasteiger partial charge is 0.333 e. The largest absolute Gasteiger partial charge is 0.756 e. The lowest BCUT2D eigenvalue weighted by Crippen LogP contribution is -2.42. The summed E-state index contributed by atoms with van der Waals surface area (Å²) in [7, 11) is 1.02. The summed E-state index contributed by atoms with van der Waals surface area (Å²) in [6, 6.07) is 0. The summed E-state index contributed by atoms with van der Waals surface area (Å²) in [5.41, 5.74) is 0.366. The summed E-state index contributed by atoms with van der Waals surface area (Å²) in [6.07, 6.45) is 2.12. The van der Waals surface area contributed by atoms with Crippen LogP contribution in [0.2, 0.25) is 0 Å². The fraction of sp³-hybridized carbons (Fsp3) is 0.786. The fourth-order valence-electron chi connectivity index (χ4n) is 1.92. The highest BCUT2D eigenvalue weighted by molar-refractivity contribution is 7.44. The summed E-state index contributed by atoms with van der Waals surface area (Å²) in [4.78, 5) is 30.9. The molecular weight excluding hydrogens is 309 g/mol. The van der Waals surface area contributed by atoms with Crippen LogP contribution in [0.1, 0.15) is 32.6 Å². The van der Waals surface area contributed by atoms with E-state index in [0.717, 1.165) is 12.8 Å². The Morgan fingerprint density at radius 1 is 1.32 bits per heavy atom. The van der Waals surface area contributed by atoms with Crippen molar-refractivity contribution < 1.29 is 32.9 Å². The lowest BCUT2D eigenvalue weighted by Gasteiger charge is -2.31. The Morgan fingerprint density at radius 3 is 2.36 bits per heavy atom. The van der Waals surface area contributed by atoms with Crippen LogP contribution in [-0.4, -0.2) is 55.7 Å². The molecule has 0 aliphatic rings.